The summed E-state index contributed by atoms with van der Waals surface area (Å²) >= 11 is 0. The maximum atomic E-state index is 5.50. The molecule has 12 heavy (non-hydrogen) atoms. The molecule has 2 aliphatic rings. The highest BCUT2D eigenvalue weighted by Gasteiger charge is 2.35. The minimum atomic E-state index is 0.853. The highest BCUT2D eigenvalue weighted by Crippen LogP contribution is 2.37. The van der Waals surface area contributed by atoms with Gasteiger partial charge >= 0.3 is 0 Å². The van der Waals surface area contributed by atoms with Crippen molar-refractivity contribution >= 4 is 0 Å². The molecule has 2 fully saturated rings. The molecule has 0 aromatic carbocycles. The van der Waals surface area contributed by atoms with Crippen molar-refractivity contribution in [2.45, 2.75) is 25.7 Å². The highest BCUT2D eigenvalue weighted by molar-refractivity contribution is 4.88. The monoisotopic (exact) mass is 168 g/mol. The van der Waals surface area contributed by atoms with E-state index in [1.54, 1.807) is 0 Å². The fraction of sp³-hybridized carbons (Fsp3) is 1.00. The lowest BCUT2D eigenvalue weighted by molar-refractivity contribution is 0.309. The largest absolute Gasteiger partial charge is 0.330 e. The van der Waals surface area contributed by atoms with Crippen LogP contribution in [-0.4, -0.2) is 31.1 Å². The van der Waals surface area contributed by atoms with Gasteiger partial charge in [0.25, 0.3) is 0 Å². The highest BCUT2D eigenvalue weighted by atomic mass is 15.2. The Morgan fingerprint density at radius 3 is 2.42 bits per heavy atom. The van der Waals surface area contributed by atoms with Crippen LogP contribution >= 0.6 is 0 Å². The number of hydrogen-bond donors (Lipinski definition) is 1. The Morgan fingerprint density at radius 1 is 1.17 bits per heavy atom. The van der Waals surface area contributed by atoms with Gasteiger partial charge in [-0.15, -0.1) is 0 Å². The quantitative estimate of drug-likeness (QED) is 0.683. The van der Waals surface area contributed by atoms with Gasteiger partial charge in [0.05, 0.1) is 0 Å². The number of nitrogens with two attached hydrogens (primary N) is 1. The Kier molecular flexibility index (Phi) is 2.66. The van der Waals surface area contributed by atoms with Gasteiger partial charge in [0, 0.05) is 13.1 Å². The second-order valence-electron chi connectivity index (χ2n) is 4.35. The van der Waals surface area contributed by atoms with Gasteiger partial charge in [-0.2, -0.15) is 0 Å². The zero-order valence-electron chi connectivity index (χ0n) is 7.84. The molecule has 1 aliphatic carbocycles. The molecule has 1 saturated heterocycles. The van der Waals surface area contributed by atoms with Crippen molar-refractivity contribution in [3.8, 4) is 0 Å². The van der Waals surface area contributed by atoms with E-state index in [4.69, 9.17) is 5.73 Å². The Labute approximate surface area is 75.1 Å². The third-order valence-corrected chi connectivity index (χ3v) is 3.48. The second-order valence-corrected chi connectivity index (χ2v) is 4.35. The van der Waals surface area contributed by atoms with Crippen LogP contribution in [-0.2, 0) is 0 Å². The van der Waals surface area contributed by atoms with Gasteiger partial charge in [0.1, 0.15) is 0 Å². The van der Waals surface area contributed by atoms with Gasteiger partial charge in [-0.25, -0.2) is 0 Å². The average molecular weight is 168 g/mol. The predicted octanol–water partition coefficient (Wildman–Crippen LogP) is 1.07. The minimum Gasteiger partial charge on any atom is -0.330 e. The third-order valence-electron chi connectivity index (χ3n) is 3.48. The van der Waals surface area contributed by atoms with E-state index >= 15 is 0 Å². The standard InChI is InChI=1S/C10H20N2/c11-5-2-6-12-7-9-3-1-4-10(9)8-12/h9-10H,1-8,11H2. The maximum Gasteiger partial charge on any atom is 0.00129 e. The maximum absolute atomic E-state index is 5.50. The molecule has 1 heterocycles. The van der Waals surface area contributed by atoms with Crippen molar-refractivity contribution in [3.05, 3.63) is 0 Å². The van der Waals surface area contributed by atoms with Gasteiger partial charge in [0.2, 0.25) is 0 Å². The molecule has 2 nitrogen and oxygen atoms in total. The Bertz CT molecular complexity index is 135. The van der Waals surface area contributed by atoms with Crippen molar-refractivity contribution < 1.29 is 0 Å². The van der Waals surface area contributed by atoms with Gasteiger partial charge in [0.15, 0.2) is 0 Å². The van der Waals surface area contributed by atoms with Crippen molar-refractivity contribution in [3.63, 3.8) is 0 Å². The molecule has 0 aromatic heterocycles. The van der Waals surface area contributed by atoms with Crippen LogP contribution in [0.1, 0.15) is 25.7 Å². The zero-order chi connectivity index (χ0) is 8.39. The van der Waals surface area contributed by atoms with Crippen LogP contribution in [0.4, 0.5) is 0 Å². The van der Waals surface area contributed by atoms with E-state index in [1.165, 1.54) is 45.3 Å². The summed E-state index contributed by atoms with van der Waals surface area (Å²) in [5.74, 6) is 2.09. The molecular weight excluding hydrogens is 148 g/mol. The first-order valence-electron chi connectivity index (χ1n) is 5.32. The Balaban J connectivity index is 1.75. The molecule has 2 rings (SSSR count). The summed E-state index contributed by atoms with van der Waals surface area (Å²) in [6, 6.07) is 0. The van der Waals surface area contributed by atoms with Crippen LogP contribution in [0.25, 0.3) is 0 Å². The van der Waals surface area contributed by atoms with Gasteiger partial charge in [-0.1, -0.05) is 6.42 Å². The SMILES string of the molecule is NCCCN1CC2CCCC2C1. The van der Waals surface area contributed by atoms with E-state index in [0.29, 0.717) is 0 Å². The van der Waals surface area contributed by atoms with Crippen molar-refractivity contribution in [1.82, 2.24) is 4.90 Å². The molecule has 2 atom stereocenters. The average Bonchev–Trinajstić information content (AvgIpc) is 2.58. The summed E-state index contributed by atoms with van der Waals surface area (Å²) in [5.41, 5.74) is 5.50. The van der Waals surface area contributed by atoms with Crippen LogP contribution in [0.5, 0.6) is 0 Å². The van der Waals surface area contributed by atoms with Crippen LogP contribution < -0.4 is 5.73 Å². The molecule has 1 saturated carbocycles. The summed E-state index contributed by atoms with van der Waals surface area (Å²) in [6.07, 6.45) is 5.65. The summed E-state index contributed by atoms with van der Waals surface area (Å²) in [6.45, 7) is 4.82. The molecular formula is C10H20N2. The number of fused-ring (bicyclic) bond motifs is 1. The van der Waals surface area contributed by atoms with Crippen LogP contribution in [0.15, 0.2) is 0 Å². The molecule has 1 aliphatic heterocycles. The van der Waals surface area contributed by atoms with Crippen molar-refractivity contribution in [2.75, 3.05) is 26.2 Å². The molecule has 0 aromatic rings. The molecule has 0 bridgehead atoms. The number of hydrogen-bond acceptors (Lipinski definition) is 2. The first-order chi connectivity index (χ1) is 5.90. The van der Waals surface area contributed by atoms with E-state index < -0.39 is 0 Å². The van der Waals surface area contributed by atoms with E-state index in [-0.39, 0.29) is 0 Å². The molecule has 2 heteroatoms. The lowest BCUT2D eigenvalue weighted by atomic mass is 10.0. The number of rotatable bonds is 3. The van der Waals surface area contributed by atoms with Gasteiger partial charge < -0.3 is 10.6 Å². The van der Waals surface area contributed by atoms with Crippen molar-refractivity contribution in [2.24, 2.45) is 17.6 Å². The molecule has 0 spiro atoms. The molecule has 0 amide bonds. The normalized spacial score (nSPS) is 35.8. The summed E-state index contributed by atoms with van der Waals surface area (Å²) in [7, 11) is 0. The van der Waals surface area contributed by atoms with Crippen LogP contribution in [0, 0.1) is 11.8 Å². The van der Waals surface area contributed by atoms with E-state index in [2.05, 4.69) is 4.90 Å². The predicted molar refractivity (Wildman–Crippen MR) is 50.9 cm³/mol. The first-order valence-corrected chi connectivity index (χ1v) is 5.32. The summed E-state index contributed by atoms with van der Waals surface area (Å²) in [4.78, 5) is 2.61. The molecule has 0 radical (unpaired) electrons. The summed E-state index contributed by atoms with van der Waals surface area (Å²) in [5, 5.41) is 0. The smallest absolute Gasteiger partial charge is 0.00129 e. The minimum absolute atomic E-state index is 0.853. The third kappa shape index (κ3) is 1.64. The number of likely N-dealkylation sites (tertiary alicyclic amines) is 1. The van der Waals surface area contributed by atoms with Crippen LogP contribution in [0.2, 0.25) is 0 Å². The number of nitrogens with zero attached hydrogens (tertiary/aromatic N) is 1. The second kappa shape index (κ2) is 3.75. The van der Waals surface area contributed by atoms with E-state index in [9.17, 15) is 0 Å². The summed E-state index contributed by atoms with van der Waals surface area (Å²) < 4.78 is 0. The van der Waals surface area contributed by atoms with Gasteiger partial charge in [-0.05, 0) is 44.2 Å². The lowest BCUT2D eigenvalue weighted by Crippen LogP contribution is -2.24. The fourth-order valence-electron chi connectivity index (χ4n) is 2.83. The van der Waals surface area contributed by atoms with Crippen LogP contribution in [0.3, 0.4) is 0 Å². The van der Waals surface area contributed by atoms with E-state index in [1.807, 2.05) is 0 Å². The van der Waals surface area contributed by atoms with E-state index in [0.717, 1.165) is 18.4 Å². The Morgan fingerprint density at radius 2 is 1.83 bits per heavy atom. The molecule has 2 N–H and O–H groups in total. The topological polar surface area (TPSA) is 29.3 Å². The lowest BCUT2D eigenvalue weighted by Gasteiger charge is -2.15. The first kappa shape index (κ1) is 8.52. The fourth-order valence-corrected chi connectivity index (χ4v) is 2.83. The Hall–Kier alpha value is -0.0800. The van der Waals surface area contributed by atoms with Gasteiger partial charge in [-0.3, -0.25) is 0 Å². The van der Waals surface area contributed by atoms with Crippen molar-refractivity contribution in [1.29, 1.82) is 0 Å². The molecule has 70 valence electrons. The zero-order valence-corrected chi connectivity index (χ0v) is 7.84. The molecule has 2 unspecified atom stereocenters.